The van der Waals surface area contributed by atoms with Crippen molar-refractivity contribution >= 4 is 22.6 Å². The van der Waals surface area contributed by atoms with Crippen LogP contribution in [0, 0.1) is 0 Å². The minimum atomic E-state index is -0.758. The number of nitrogens with two attached hydrogens (primary N) is 1. The van der Waals surface area contributed by atoms with Crippen LogP contribution in [0.15, 0.2) is 0 Å². The second kappa shape index (κ2) is 6.15. The molecule has 0 heterocycles. The van der Waals surface area contributed by atoms with E-state index >= 15 is 0 Å². The smallest absolute Gasteiger partial charge is 0.0690 e. The van der Waals surface area contributed by atoms with Crippen molar-refractivity contribution in [3.63, 3.8) is 0 Å². The van der Waals surface area contributed by atoms with Crippen molar-refractivity contribution in [1.82, 2.24) is 0 Å². The Kier molecular flexibility index (Phi) is 6.41. The molecule has 0 saturated heterocycles. The van der Waals surface area contributed by atoms with Gasteiger partial charge in [0.05, 0.1) is 11.7 Å². The van der Waals surface area contributed by atoms with Gasteiger partial charge in [0.1, 0.15) is 0 Å². The third kappa shape index (κ3) is 6.54. The molecule has 5 heteroatoms. The van der Waals surface area contributed by atoms with Gasteiger partial charge >= 0.3 is 0 Å². The van der Waals surface area contributed by atoms with E-state index in [0.717, 1.165) is 0 Å². The van der Waals surface area contributed by atoms with Gasteiger partial charge in [0.15, 0.2) is 0 Å². The third-order valence-corrected chi connectivity index (χ3v) is 3.47. The highest BCUT2D eigenvalue weighted by atomic mass is 32.2. The quantitative estimate of drug-likeness (QED) is 0.596. The molecule has 10 heavy (non-hydrogen) atoms. The molecule has 0 spiro atoms. The molecule has 2 atom stereocenters. The first-order valence-corrected chi connectivity index (χ1v) is 5.79. The van der Waals surface area contributed by atoms with E-state index in [2.05, 4.69) is 0 Å². The minimum Gasteiger partial charge on any atom is -0.395 e. The van der Waals surface area contributed by atoms with Crippen LogP contribution in [-0.4, -0.2) is 39.1 Å². The summed E-state index contributed by atoms with van der Waals surface area (Å²) in [7, 11) is -0.758. The maximum Gasteiger partial charge on any atom is 0.0690 e. The van der Waals surface area contributed by atoms with Crippen LogP contribution < -0.4 is 5.73 Å². The summed E-state index contributed by atoms with van der Waals surface area (Å²) in [6.45, 7) is 0.00332. The molecule has 62 valence electrons. The monoisotopic (exact) mass is 183 g/mol. The van der Waals surface area contributed by atoms with Gasteiger partial charge in [-0.05, 0) is 0 Å². The summed E-state index contributed by atoms with van der Waals surface area (Å²) in [5.41, 5.74) is 5.39. The molecule has 0 saturated carbocycles. The molecule has 0 aromatic carbocycles. The van der Waals surface area contributed by atoms with Gasteiger partial charge in [0.25, 0.3) is 0 Å². The normalized spacial score (nSPS) is 16.7. The predicted octanol–water partition coefficient (Wildman–Crippen LogP) is -0.625. The lowest BCUT2D eigenvalue weighted by atomic mass is 10.4. The molecule has 0 fully saturated rings. The Morgan fingerprint density at radius 3 is 2.80 bits per heavy atom. The van der Waals surface area contributed by atoms with Gasteiger partial charge in [0, 0.05) is 28.9 Å². The standard InChI is InChI=1S/C5H13NO2S2/c1-10(8)4-9-3-5(6)2-7/h5,7H,2-4,6H2,1H3/t5-,10?/m0/s1. The van der Waals surface area contributed by atoms with Crippen molar-refractivity contribution in [3.8, 4) is 0 Å². The number of thioether (sulfide) groups is 1. The topological polar surface area (TPSA) is 63.3 Å². The van der Waals surface area contributed by atoms with E-state index in [0.29, 0.717) is 10.8 Å². The summed E-state index contributed by atoms with van der Waals surface area (Å²) in [6, 6.07) is -0.173. The lowest BCUT2D eigenvalue weighted by molar-refractivity contribution is 0.275. The zero-order chi connectivity index (χ0) is 7.98. The average molecular weight is 183 g/mol. The third-order valence-electron chi connectivity index (χ3n) is 0.816. The molecule has 0 radical (unpaired) electrons. The van der Waals surface area contributed by atoms with Crippen molar-refractivity contribution < 1.29 is 9.32 Å². The highest BCUT2D eigenvalue weighted by Crippen LogP contribution is 2.02. The Bertz CT molecular complexity index is 110. The summed E-state index contributed by atoms with van der Waals surface area (Å²) < 4.78 is 10.5. The first kappa shape index (κ1) is 10.4. The van der Waals surface area contributed by atoms with Crippen LogP contribution in [0.25, 0.3) is 0 Å². The molecule has 3 nitrogen and oxygen atoms in total. The molecule has 1 unspecified atom stereocenters. The summed E-state index contributed by atoms with van der Waals surface area (Å²) in [5, 5.41) is 9.09. The highest BCUT2D eigenvalue weighted by Gasteiger charge is 1.99. The summed E-state index contributed by atoms with van der Waals surface area (Å²) in [6.07, 6.45) is 1.65. The molecule has 0 aliphatic rings. The Morgan fingerprint density at radius 2 is 2.40 bits per heavy atom. The van der Waals surface area contributed by atoms with Gasteiger partial charge in [-0.3, -0.25) is 4.21 Å². The van der Waals surface area contributed by atoms with Crippen molar-refractivity contribution in [2.45, 2.75) is 6.04 Å². The number of aliphatic hydroxyl groups excluding tert-OH is 1. The zero-order valence-corrected chi connectivity index (χ0v) is 7.58. The molecule has 0 rings (SSSR count). The fourth-order valence-electron chi connectivity index (χ4n) is 0.370. The highest BCUT2D eigenvalue weighted by molar-refractivity contribution is 8.10. The molecule has 0 aromatic rings. The largest absolute Gasteiger partial charge is 0.395 e. The second-order valence-corrected chi connectivity index (χ2v) is 4.84. The molecular formula is C5H13NO2S2. The summed E-state index contributed by atoms with van der Waals surface area (Å²) >= 11 is 1.51. The van der Waals surface area contributed by atoms with Gasteiger partial charge in [-0.2, -0.15) is 0 Å². The number of hydrogen-bond acceptors (Lipinski definition) is 4. The van der Waals surface area contributed by atoms with Gasteiger partial charge < -0.3 is 10.8 Å². The van der Waals surface area contributed by atoms with E-state index in [1.54, 1.807) is 6.26 Å². The number of hydrogen-bond donors (Lipinski definition) is 2. The fourth-order valence-corrected chi connectivity index (χ4v) is 2.10. The van der Waals surface area contributed by atoms with E-state index < -0.39 is 10.8 Å². The lowest BCUT2D eigenvalue weighted by Gasteiger charge is -2.05. The Hall–Kier alpha value is 0.420. The molecule has 0 bridgehead atoms. The van der Waals surface area contributed by atoms with E-state index in [9.17, 15) is 4.21 Å². The minimum absolute atomic E-state index is 0.00332. The van der Waals surface area contributed by atoms with Crippen molar-refractivity contribution in [3.05, 3.63) is 0 Å². The van der Waals surface area contributed by atoms with E-state index in [4.69, 9.17) is 10.8 Å². The van der Waals surface area contributed by atoms with Crippen LogP contribution in [-0.2, 0) is 10.8 Å². The summed E-state index contributed by atoms with van der Waals surface area (Å²) in [4.78, 5) is 0. The van der Waals surface area contributed by atoms with Crippen LogP contribution in [0.5, 0.6) is 0 Å². The maximum atomic E-state index is 10.5. The fraction of sp³-hybridized carbons (Fsp3) is 1.00. The van der Waals surface area contributed by atoms with Crippen LogP contribution in [0.3, 0.4) is 0 Å². The van der Waals surface area contributed by atoms with Gasteiger partial charge in [-0.1, -0.05) is 0 Å². The van der Waals surface area contributed by atoms with Crippen LogP contribution in [0.4, 0.5) is 0 Å². The second-order valence-electron chi connectivity index (χ2n) is 2.00. The zero-order valence-electron chi connectivity index (χ0n) is 5.95. The Balaban J connectivity index is 3.11. The van der Waals surface area contributed by atoms with Gasteiger partial charge in [-0.15, -0.1) is 11.8 Å². The maximum absolute atomic E-state index is 10.5. The van der Waals surface area contributed by atoms with Crippen molar-refractivity contribution in [1.29, 1.82) is 0 Å². The van der Waals surface area contributed by atoms with E-state index in [1.165, 1.54) is 11.8 Å². The van der Waals surface area contributed by atoms with Gasteiger partial charge in [0.2, 0.25) is 0 Å². The average Bonchev–Trinajstić information content (AvgIpc) is 1.87. The molecule has 0 aromatic heterocycles. The molecule has 0 amide bonds. The number of aliphatic hydroxyl groups is 1. The van der Waals surface area contributed by atoms with Crippen molar-refractivity contribution in [2.75, 3.05) is 23.7 Å². The molecular weight excluding hydrogens is 170 g/mol. The van der Waals surface area contributed by atoms with Gasteiger partial charge in [-0.25, -0.2) is 0 Å². The lowest BCUT2D eigenvalue weighted by Crippen LogP contribution is -2.27. The van der Waals surface area contributed by atoms with E-state index in [-0.39, 0.29) is 12.6 Å². The SMILES string of the molecule is CS(=O)CSC[C@@H](N)CO. The van der Waals surface area contributed by atoms with Crippen LogP contribution >= 0.6 is 11.8 Å². The van der Waals surface area contributed by atoms with Crippen LogP contribution in [0.2, 0.25) is 0 Å². The molecule has 0 aliphatic carbocycles. The number of rotatable bonds is 5. The van der Waals surface area contributed by atoms with Crippen molar-refractivity contribution in [2.24, 2.45) is 5.73 Å². The van der Waals surface area contributed by atoms with Crippen LogP contribution in [0.1, 0.15) is 0 Å². The summed E-state index contributed by atoms with van der Waals surface area (Å²) in [5.74, 6) is 0.677. The molecule has 0 aliphatic heterocycles. The first-order valence-electron chi connectivity index (χ1n) is 2.91. The first-order chi connectivity index (χ1) is 4.66. The Morgan fingerprint density at radius 1 is 1.80 bits per heavy atom. The Labute approximate surface area is 67.8 Å². The van der Waals surface area contributed by atoms with E-state index in [1.807, 2.05) is 0 Å². The predicted molar refractivity (Wildman–Crippen MR) is 46.5 cm³/mol. The molecule has 3 N–H and O–H groups in total.